The maximum Gasteiger partial charge on any atom is 0.240 e. The second kappa shape index (κ2) is 4.68. The van der Waals surface area contributed by atoms with Crippen LogP contribution >= 0.6 is 0 Å². The summed E-state index contributed by atoms with van der Waals surface area (Å²) >= 11 is 0. The normalized spacial score (nSPS) is 30.8. The summed E-state index contributed by atoms with van der Waals surface area (Å²) in [5, 5.41) is 0. The van der Waals surface area contributed by atoms with E-state index >= 15 is 0 Å². The fraction of sp³-hybridized carbons (Fsp3) is 0.529. The molecule has 0 aliphatic heterocycles. The zero-order chi connectivity index (χ0) is 15.4. The van der Waals surface area contributed by atoms with Crippen LogP contribution < -0.4 is 4.72 Å². The predicted molar refractivity (Wildman–Crippen MR) is 84.4 cm³/mol. The number of aryl methyl sites for hydroxylation is 1. The van der Waals surface area contributed by atoms with Gasteiger partial charge in [-0.3, -0.25) is 0 Å². The lowest BCUT2D eigenvalue weighted by Crippen LogP contribution is -2.42. The third-order valence-electron chi connectivity index (χ3n) is 5.50. The number of rotatable bonds is 3. The predicted octanol–water partition coefficient (Wildman–Crippen LogP) is 3.26. The van der Waals surface area contributed by atoms with Gasteiger partial charge in [0.05, 0.1) is 4.90 Å². The molecule has 0 spiro atoms. The van der Waals surface area contributed by atoms with Gasteiger partial charge in [0, 0.05) is 6.04 Å². The van der Waals surface area contributed by atoms with Gasteiger partial charge >= 0.3 is 0 Å². The molecule has 3 nitrogen and oxygen atoms in total. The van der Waals surface area contributed by atoms with Crippen molar-refractivity contribution in [2.45, 2.75) is 44.6 Å². The van der Waals surface area contributed by atoms with Crippen LogP contribution in [0.15, 0.2) is 41.3 Å². The Morgan fingerprint density at radius 2 is 1.81 bits per heavy atom. The molecule has 0 amide bonds. The van der Waals surface area contributed by atoms with Gasteiger partial charge in [0.15, 0.2) is 0 Å². The highest BCUT2D eigenvalue weighted by atomic mass is 32.2. The molecular formula is C17H23NO2S. The van der Waals surface area contributed by atoms with Crippen molar-refractivity contribution in [3.63, 3.8) is 0 Å². The third kappa shape index (κ3) is 2.34. The van der Waals surface area contributed by atoms with Gasteiger partial charge in [-0.25, -0.2) is 13.1 Å². The van der Waals surface area contributed by atoms with E-state index in [0.717, 1.165) is 18.4 Å². The number of hydrogen-bond donors (Lipinski definition) is 1. The van der Waals surface area contributed by atoms with E-state index < -0.39 is 10.0 Å². The average Bonchev–Trinajstić information content (AvgIpc) is 2.89. The summed E-state index contributed by atoms with van der Waals surface area (Å²) in [7, 11) is -3.43. The van der Waals surface area contributed by atoms with Crippen LogP contribution in [0, 0.1) is 24.2 Å². The SMILES string of the molecule is C=C1[C@@H]2C[C@@H](C[C@H]2NS(=O)(=O)c2ccc(C)cc2)C1(C)C. The van der Waals surface area contributed by atoms with E-state index in [1.165, 1.54) is 5.57 Å². The molecule has 1 aromatic rings. The molecule has 3 atom stereocenters. The Morgan fingerprint density at radius 1 is 1.19 bits per heavy atom. The van der Waals surface area contributed by atoms with E-state index in [9.17, 15) is 8.42 Å². The van der Waals surface area contributed by atoms with Crippen molar-refractivity contribution < 1.29 is 8.42 Å². The molecule has 2 bridgehead atoms. The maximum absolute atomic E-state index is 12.5. The molecule has 1 aromatic carbocycles. The van der Waals surface area contributed by atoms with Gasteiger partial charge in [-0.2, -0.15) is 0 Å². The minimum Gasteiger partial charge on any atom is -0.207 e. The van der Waals surface area contributed by atoms with Gasteiger partial charge in [-0.05, 0) is 49.1 Å². The highest BCUT2D eigenvalue weighted by Crippen LogP contribution is 2.58. The van der Waals surface area contributed by atoms with Crippen LogP contribution in [0.5, 0.6) is 0 Å². The van der Waals surface area contributed by atoms with Crippen LogP contribution in [0.2, 0.25) is 0 Å². The zero-order valence-electron chi connectivity index (χ0n) is 12.9. The lowest BCUT2D eigenvalue weighted by molar-refractivity contribution is 0.269. The van der Waals surface area contributed by atoms with Gasteiger partial charge in [0.1, 0.15) is 0 Å². The minimum atomic E-state index is -3.43. The Kier molecular flexibility index (Phi) is 3.30. The smallest absolute Gasteiger partial charge is 0.207 e. The summed E-state index contributed by atoms with van der Waals surface area (Å²) in [6.45, 7) is 10.6. The second-order valence-electron chi connectivity index (χ2n) is 7.06. The van der Waals surface area contributed by atoms with E-state index in [2.05, 4.69) is 25.1 Å². The molecule has 4 heteroatoms. The standard InChI is InChI=1S/C17H23NO2S/c1-11-5-7-14(8-6-11)21(19,20)18-16-10-13-9-15(16)12(2)17(13,3)4/h5-8,13,15-16,18H,2,9-10H2,1,3-4H3/t13-,15-,16+/m0/s1. The molecule has 0 unspecified atom stereocenters. The van der Waals surface area contributed by atoms with Crippen LogP contribution in [-0.2, 0) is 10.0 Å². The molecule has 114 valence electrons. The maximum atomic E-state index is 12.5. The number of fused-ring (bicyclic) bond motifs is 2. The Morgan fingerprint density at radius 3 is 2.33 bits per heavy atom. The Hall–Kier alpha value is -1.13. The number of benzene rings is 1. The molecule has 3 rings (SSSR count). The summed E-state index contributed by atoms with van der Waals surface area (Å²) in [6.07, 6.45) is 1.98. The lowest BCUT2D eigenvalue weighted by Gasteiger charge is -2.36. The molecule has 2 saturated carbocycles. The monoisotopic (exact) mass is 305 g/mol. The van der Waals surface area contributed by atoms with Crippen LogP contribution in [0.25, 0.3) is 0 Å². The van der Waals surface area contributed by atoms with Gasteiger partial charge in [0.2, 0.25) is 10.0 Å². The van der Waals surface area contributed by atoms with Crippen molar-refractivity contribution in [2.24, 2.45) is 17.3 Å². The highest BCUT2D eigenvalue weighted by molar-refractivity contribution is 7.89. The number of hydrogen-bond acceptors (Lipinski definition) is 2. The van der Waals surface area contributed by atoms with E-state index in [1.54, 1.807) is 12.1 Å². The fourth-order valence-corrected chi connectivity index (χ4v) is 5.16. The van der Waals surface area contributed by atoms with E-state index in [0.29, 0.717) is 10.8 Å². The van der Waals surface area contributed by atoms with Crippen molar-refractivity contribution in [1.82, 2.24) is 4.72 Å². The van der Waals surface area contributed by atoms with Crippen molar-refractivity contribution in [3.05, 3.63) is 42.0 Å². The Bertz CT molecular complexity index is 673. The Balaban J connectivity index is 1.79. The first kappa shape index (κ1) is 14.8. The first-order valence-electron chi connectivity index (χ1n) is 7.50. The molecule has 0 aromatic heterocycles. The molecule has 0 heterocycles. The Labute approximate surface area is 127 Å². The van der Waals surface area contributed by atoms with Gasteiger partial charge in [-0.15, -0.1) is 0 Å². The average molecular weight is 305 g/mol. The van der Waals surface area contributed by atoms with Crippen LogP contribution in [0.4, 0.5) is 0 Å². The molecule has 1 N–H and O–H groups in total. The summed E-state index contributed by atoms with van der Waals surface area (Å²) in [5.41, 5.74) is 2.41. The molecule has 2 aliphatic rings. The topological polar surface area (TPSA) is 46.2 Å². The molecule has 0 saturated heterocycles. The van der Waals surface area contributed by atoms with Crippen molar-refractivity contribution >= 4 is 10.0 Å². The summed E-state index contributed by atoms with van der Waals surface area (Å²) < 4.78 is 27.9. The van der Waals surface area contributed by atoms with Crippen LogP contribution in [0.3, 0.4) is 0 Å². The summed E-state index contributed by atoms with van der Waals surface area (Å²) in [4.78, 5) is 0.348. The van der Waals surface area contributed by atoms with Crippen LogP contribution in [0.1, 0.15) is 32.3 Å². The lowest BCUT2D eigenvalue weighted by atomic mass is 9.72. The zero-order valence-corrected chi connectivity index (χ0v) is 13.7. The van der Waals surface area contributed by atoms with Crippen molar-refractivity contribution in [3.8, 4) is 0 Å². The molecule has 2 aliphatic carbocycles. The van der Waals surface area contributed by atoms with E-state index in [4.69, 9.17) is 0 Å². The molecular weight excluding hydrogens is 282 g/mol. The second-order valence-corrected chi connectivity index (χ2v) is 8.78. The van der Waals surface area contributed by atoms with Gasteiger partial charge in [0.25, 0.3) is 0 Å². The first-order chi connectivity index (χ1) is 9.72. The molecule has 2 fully saturated rings. The fourth-order valence-electron chi connectivity index (χ4n) is 3.87. The number of sulfonamides is 1. The first-order valence-corrected chi connectivity index (χ1v) is 8.98. The largest absolute Gasteiger partial charge is 0.240 e. The number of nitrogens with one attached hydrogen (secondary N) is 1. The highest BCUT2D eigenvalue weighted by Gasteiger charge is 2.53. The quantitative estimate of drug-likeness (QED) is 0.871. The van der Waals surface area contributed by atoms with E-state index in [-0.39, 0.29) is 17.4 Å². The summed E-state index contributed by atoms with van der Waals surface area (Å²) in [6, 6.07) is 7.00. The van der Waals surface area contributed by atoms with Crippen molar-refractivity contribution in [2.75, 3.05) is 0 Å². The third-order valence-corrected chi connectivity index (χ3v) is 7.00. The van der Waals surface area contributed by atoms with Crippen LogP contribution in [-0.4, -0.2) is 14.5 Å². The van der Waals surface area contributed by atoms with Gasteiger partial charge in [-0.1, -0.05) is 43.7 Å². The van der Waals surface area contributed by atoms with Gasteiger partial charge < -0.3 is 0 Å². The van der Waals surface area contributed by atoms with E-state index in [1.807, 2.05) is 19.1 Å². The van der Waals surface area contributed by atoms with Crippen molar-refractivity contribution in [1.29, 1.82) is 0 Å². The minimum absolute atomic E-state index is 0.00169. The molecule has 0 radical (unpaired) electrons. The summed E-state index contributed by atoms with van der Waals surface area (Å²) in [5.74, 6) is 0.825. The molecule has 21 heavy (non-hydrogen) atoms.